The number of aryl methyl sites for hydroxylation is 1. The predicted molar refractivity (Wildman–Crippen MR) is 68.6 cm³/mol. The Bertz CT molecular complexity index is 694. The SMILES string of the molecule is Cc1ccc(-n2nc(C(=O)O)c3c2CCOC3)cc1F. The lowest BCUT2D eigenvalue weighted by molar-refractivity contribution is 0.0677. The molecule has 0 atom stereocenters. The highest BCUT2D eigenvalue weighted by atomic mass is 19.1. The molecule has 20 heavy (non-hydrogen) atoms. The maximum atomic E-state index is 13.7. The topological polar surface area (TPSA) is 64.4 Å². The summed E-state index contributed by atoms with van der Waals surface area (Å²) in [6.07, 6.45) is 0.561. The molecule has 1 aromatic carbocycles. The van der Waals surface area contributed by atoms with E-state index in [1.54, 1.807) is 19.1 Å². The number of ether oxygens (including phenoxy) is 1. The summed E-state index contributed by atoms with van der Waals surface area (Å²) in [5.74, 6) is -1.44. The van der Waals surface area contributed by atoms with Crippen LogP contribution in [0.5, 0.6) is 0 Å². The summed E-state index contributed by atoms with van der Waals surface area (Å²) in [6, 6.07) is 4.75. The third kappa shape index (κ3) is 1.98. The number of nitrogens with zero attached hydrogens (tertiary/aromatic N) is 2. The zero-order chi connectivity index (χ0) is 14.3. The summed E-state index contributed by atoms with van der Waals surface area (Å²) in [7, 11) is 0. The van der Waals surface area contributed by atoms with Crippen molar-refractivity contribution in [1.29, 1.82) is 0 Å². The zero-order valence-electron chi connectivity index (χ0n) is 10.9. The Morgan fingerprint density at radius 1 is 1.50 bits per heavy atom. The molecule has 1 aliphatic rings. The molecule has 0 spiro atoms. The summed E-state index contributed by atoms with van der Waals surface area (Å²) in [5.41, 5.74) is 2.39. The first kappa shape index (κ1) is 12.8. The van der Waals surface area contributed by atoms with Crippen LogP contribution in [-0.4, -0.2) is 27.5 Å². The number of hydrogen-bond donors (Lipinski definition) is 1. The maximum absolute atomic E-state index is 13.7. The fourth-order valence-electron chi connectivity index (χ4n) is 2.34. The smallest absolute Gasteiger partial charge is 0.356 e. The first-order valence-electron chi connectivity index (χ1n) is 6.26. The van der Waals surface area contributed by atoms with Crippen molar-refractivity contribution in [3.8, 4) is 5.69 Å². The summed E-state index contributed by atoms with van der Waals surface area (Å²) >= 11 is 0. The molecular formula is C14H13FN2O3. The van der Waals surface area contributed by atoms with Crippen LogP contribution >= 0.6 is 0 Å². The largest absolute Gasteiger partial charge is 0.476 e. The molecule has 3 rings (SSSR count). The van der Waals surface area contributed by atoms with Crippen LogP contribution in [0.25, 0.3) is 5.69 Å². The Labute approximate surface area is 114 Å². The summed E-state index contributed by atoms with van der Waals surface area (Å²) in [5, 5.41) is 13.3. The van der Waals surface area contributed by atoms with E-state index in [9.17, 15) is 14.3 Å². The fraction of sp³-hybridized carbons (Fsp3) is 0.286. The second-order valence-corrected chi connectivity index (χ2v) is 4.73. The van der Waals surface area contributed by atoms with E-state index in [0.717, 1.165) is 5.69 Å². The lowest BCUT2D eigenvalue weighted by Gasteiger charge is -2.15. The summed E-state index contributed by atoms with van der Waals surface area (Å²) in [4.78, 5) is 11.2. The van der Waals surface area contributed by atoms with Crippen molar-refractivity contribution in [2.45, 2.75) is 20.0 Å². The number of carboxylic acids is 1. The Kier molecular flexibility index (Phi) is 3.02. The quantitative estimate of drug-likeness (QED) is 0.912. The molecule has 0 amide bonds. The van der Waals surface area contributed by atoms with E-state index in [-0.39, 0.29) is 18.1 Å². The number of halogens is 1. The van der Waals surface area contributed by atoms with Crippen molar-refractivity contribution in [2.24, 2.45) is 0 Å². The molecule has 0 fully saturated rings. The predicted octanol–water partition coefficient (Wildman–Crippen LogP) is 2.09. The Balaban J connectivity index is 2.18. The molecule has 5 nitrogen and oxygen atoms in total. The summed E-state index contributed by atoms with van der Waals surface area (Å²) < 4.78 is 20.5. The molecule has 0 saturated heterocycles. The zero-order valence-corrected chi connectivity index (χ0v) is 10.9. The van der Waals surface area contributed by atoms with Crippen molar-refractivity contribution < 1.29 is 19.0 Å². The minimum absolute atomic E-state index is 0.0271. The molecule has 0 bridgehead atoms. The van der Waals surface area contributed by atoms with E-state index in [0.29, 0.717) is 29.8 Å². The monoisotopic (exact) mass is 276 g/mol. The molecule has 0 saturated carbocycles. The van der Waals surface area contributed by atoms with Gasteiger partial charge in [0.2, 0.25) is 0 Å². The van der Waals surface area contributed by atoms with E-state index in [2.05, 4.69) is 5.10 Å². The van der Waals surface area contributed by atoms with Gasteiger partial charge >= 0.3 is 5.97 Å². The number of hydrogen-bond acceptors (Lipinski definition) is 3. The number of carboxylic acid groups (broad SMARTS) is 1. The molecule has 2 heterocycles. The van der Waals surface area contributed by atoms with Gasteiger partial charge in [0.15, 0.2) is 5.69 Å². The van der Waals surface area contributed by atoms with Gasteiger partial charge in [0.1, 0.15) is 5.82 Å². The molecule has 104 valence electrons. The lowest BCUT2D eigenvalue weighted by Crippen LogP contribution is -2.13. The van der Waals surface area contributed by atoms with E-state index in [1.807, 2.05) is 0 Å². The molecular weight excluding hydrogens is 263 g/mol. The molecule has 6 heteroatoms. The summed E-state index contributed by atoms with van der Waals surface area (Å²) in [6.45, 7) is 2.41. The first-order chi connectivity index (χ1) is 9.58. The fourth-order valence-corrected chi connectivity index (χ4v) is 2.34. The average Bonchev–Trinajstić information content (AvgIpc) is 2.82. The Hall–Kier alpha value is -2.21. The van der Waals surface area contributed by atoms with Crippen molar-refractivity contribution in [1.82, 2.24) is 9.78 Å². The Morgan fingerprint density at radius 3 is 3.00 bits per heavy atom. The Morgan fingerprint density at radius 2 is 2.30 bits per heavy atom. The van der Waals surface area contributed by atoms with Crippen LogP contribution in [0.2, 0.25) is 0 Å². The molecule has 2 aromatic rings. The van der Waals surface area contributed by atoms with Crippen LogP contribution in [0.1, 0.15) is 27.3 Å². The molecule has 1 aliphatic heterocycles. The van der Waals surface area contributed by atoms with E-state index >= 15 is 0 Å². The standard InChI is InChI=1S/C14H13FN2O3/c1-8-2-3-9(6-11(8)15)17-12-4-5-20-7-10(12)13(16-17)14(18)19/h2-3,6H,4-5,7H2,1H3,(H,18,19). The van der Waals surface area contributed by atoms with Crippen LogP contribution in [0.15, 0.2) is 18.2 Å². The van der Waals surface area contributed by atoms with Gasteiger partial charge < -0.3 is 9.84 Å². The highest BCUT2D eigenvalue weighted by Gasteiger charge is 2.25. The number of rotatable bonds is 2. The second kappa shape index (κ2) is 4.72. The minimum Gasteiger partial charge on any atom is -0.476 e. The van der Waals surface area contributed by atoms with Crippen molar-refractivity contribution >= 4 is 5.97 Å². The van der Waals surface area contributed by atoms with E-state index < -0.39 is 5.97 Å². The molecule has 0 aliphatic carbocycles. The maximum Gasteiger partial charge on any atom is 0.356 e. The number of carbonyl (C=O) groups is 1. The van der Waals surface area contributed by atoms with Crippen LogP contribution in [0.4, 0.5) is 4.39 Å². The lowest BCUT2D eigenvalue weighted by atomic mass is 10.1. The molecule has 0 radical (unpaired) electrons. The van der Waals surface area contributed by atoms with Gasteiger partial charge in [0.05, 0.1) is 24.6 Å². The van der Waals surface area contributed by atoms with E-state index in [1.165, 1.54) is 10.7 Å². The van der Waals surface area contributed by atoms with Gasteiger partial charge in [-0.1, -0.05) is 6.07 Å². The highest BCUT2D eigenvalue weighted by Crippen LogP contribution is 2.24. The third-order valence-corrected chi connectivity index (χ3v) is 3.42. The average molecular weight is 276 g/mol. The van der Waals surface area contributed by atoms with Gasteiger partial charge in [-0.2, -0.15) is 5.10 Å². The number of fused-ring (bicyclic) bond motifs is 1. The van der Waals surface area contributed by atoms with Crippen LogP contribution in [0.3, 0.4) is 0 Å². The van der Waals surface area contributed by atoms with Crippen LogP contribution in [0, 0.1) is 12.7 Å². The number of aromatic carboxylic acids is 1. The van der Waals surface area contributed by atoms with Crippen molar-refractivity contribution in [2.75, 3.05) is 6.61 Å². The van der Waals surface area contributed by atoms with Gasteiger partial charge in [-0.05, 0) is 24.6 Å². The molecule has 1 aromatic heterocycles. The van der Waals surface area contributed by atoms with Gasteiger partial charge in [0, 0.05) is 12.0 Å². The number of benzene rings is 1. The second-order valence-electron chi connectivity index (χ2n) is 4.73. The first-order valence-corrected chi connectivity index (χ1v) is 6.26. The molecule has 0 unspecified atom stereocenters. The van der Waals surface area contributed by atoms with Crippen LogP contribution < -0.4 is 0 Å². The van der Waals surface area contributed by atoms with E-state index in [4.69, 9.17) is 4.74 Å². The highest BCUT2D eigenvalue weighted by molar-refractivity contribution is 5.87. The van der Waals surface area contributed by atoms with Gasteiger partial charge in [-0.15, -0.1) is 0 Å². The molecule has 1 N–H and O–H groups in total. The van der Waals surface area contributed by atoms with Crippen molar-refractivity contribution in [3.05, 3.63) is 46.5 Å². The van der Waals surface area contributed by atoms with Gasteiger partial charge in [-0.3, -0.25) is 0 Å². The third-order valence-electron chi connectivity index (χ3n) is 3.42. The normalized spacial score (nSPS) is 14.1. The van der Waals surface area contributed by atoms with Crippen LogP contribution in [-0.2, 0) is 17.8 Å². The number of aromatic nitrogens is 2. The van der Waals surface area contributed by atoms with Gasteiger partial charge in [0.25, 0.3) is 0 Å². The van der Waals surface area contributed by atoms with Gasteiger partial charge in [-0.25, -0.2) is 13.9 Å². The van der Waals surface area contributed by atoms with Crippen molar-refractivity contribution in [3.63, 3.8) is 0 Å². The minimum atomic E-state index is -1.10.